The van der Waals surface area contributed by atoms with E-state index in [9.17, 15) is 22.6 Å². The number of hydrogen-bond donors (Lipinski definition) is 0. The molecule has 0 aliphatic carbocycles. The minimum atomic E-state index is -5.06. The number of ether oxygens (including phenoxy) is 1. The summed E-state index contributed by atoms with van der Waals surface area (Å²) in [4.78, 5) is 21.4. The van der Waals surface area contributed by atoms with Gasteiger partial charge in [0.15, 0.2) is 0 Å². The molecule has 0 fully saturated rings. The van der Waals surface area contributed by atoms with Gasteiger partial charge in [0.2, 0.25) is 0 Å². The van der Waals surface area contributed by atoms with Crippen LogP contribution in [0.15, 0.2) is 12.7 Å². The summed E-state index contributed by atoms with van der Waals surface area (Å²) in [6, 6.07) is 0. The molecule has 0 saturated carbocycles. The van der Waals surface area contributed by atoms with Crippen LogP contribution in [0.3, 0.4) is 0 Å². The van der Waals surface area contributed by atoms with Crippen molar-refractivity contribution in [3.63, 3.8) is 0 Å². The van der Waals surface area contributed by atoms with Crippen molar-refractivity contribution >= 4 is 22.3 Å². The van der Waals surface area contributed by atoms with E-state index in [-0.39, 0.29) is 42.6 Å². The van der Waals surface area contributed by atoms with E-state index in [4.69, 9.17) is 0 Å². The van der Waals surface area contributed by atoms with Crippen LogP contribution in [-0.4, -0.2) is 31.5 Å². The van der Waals surface area contributed by atoms with Crippen LogP contribution in [0.4, 0.5) is 0 Å². The first-order valence-corrected chi connectivity index (χ1v) is 5.13. The number of esters is 1. The Morgan fingerprint density at radius 2 is 1.75 bits per heavy atom. The van der Waals surface area contributed by atoms with Crippen molar-refractivity contribution in [2.45, 2.75) is 12.8 Å². The van der Waals surface area contributed by atoms with Gasteiger partial charge in [-0.3, -0.25) is 9.59 Å². The molecule has 0 atom stereocenters. The SMILES string of the molecule is C=CCOC(=O)CCC(=O)OS(=O)(=O)[O-].[Na+]. The van der Waals surface area contributed by atoms with Crippen LogP contribution in [0.1, 0.15) is 12.8 Å². The summed E-state index contributed by atoms with van der Waals surface area (Å²) < 4.78 is 37.7. The third kappa shape index (κ3) is 11.7. The molecule has 0 rings (SSSR count). The second-order valence-electron chi connectivity index (χ2n) is 2.34. The average molecular weight is 260 g/mol. The first kappa shape index (κ1) is 18.0. The quantitative estimate of drug-likeness (QED) is 0.160. The van der Waals surface area contributed by atoms with Gasteiger partial charge in [0, 0.05) is 0 Å². The molecule has 0 saturated heterocycles. The summed E-state index contributed by atoms with van der Waals surface area (Å²) in [7, 11) is -5.06. The van der Waals surface area contributed by atoms with Gasteiger partial charge in [-0.15, -0.1) is 0 Å². The van der Waals surface area contributed by atoms with Crippen molar-refractivity contribution in [3.8, 4) is 0 Å². The maximum Gasteiger partial charge on any atom is 1.00 e. The summed E-state index contributed by atoms with van der Waals surface area (Å²) in [5.74, 6) is -2.00. The second-order valence-corrected chi connectivity index (χ2v) is 3.32. The van der Waals surface area contributed by atoms with Crippen molar-refractivity contribution in [2.75, 3.05) is 6.61 Å². The summed E-state index contributed by atoms with van der Waals surface area (Å²) in [5, 5.41) is 0. The molecule has 86 valence electrons. The monoisotopic (exact) mass is 260 g/mol. The van der Waals surface area contributed by atoms with Gasteiger partial charge in [0.05, 0.1) is 12.8 Å². The van der Waals surface area contributed by atoms with Gasteiger partial charge in [0.1, 0.15) is 6.61 Å². The fraction of sp³-hybridized carbons (Fsp3) is 0.429. The van der Waals surface area contributed by atoms with Crippen LogP contribution in [0.25, 0.3) is 0 Å². The summed E-state index contributed by atoms with van der Waals surface area (Å²) >= 11 is 0. The molecule has 0 aromatic heterocycles. The third-order valence-corrected chi connectivity index (χ3v) is 1.48. The fourth-order valence-corrected chi connectivity index (χ4v) is 0.895. The Hall–Kier alpha value is -0.410. The van der Waals surface area contributed by atoms with Crippen molar-refractivity contribution in [3.05, 3.63) is 12.7 Å². The molecular formula is C7H9NaO7S. The number of carbonyl (C=O) groups excluding carboxylic acids is 2. The minimum absolute atomic E-state index is 0. The Labute approximate surface area is 115 Å². The largest absolute Gasteiger partial charge is 1.00 e. The Balaban J connectivity index is 0. The van der Waals surface area contributed by atoms with Crippen LogP contribution in [0, 0.1) is 0 Å². The molecule has 16 heavy (non-hydrogen) atoms. The molecule has 0 aliphatic heterocycles. The summed E-state index contributed by atoms with van der Waals surface area (Å²) in [5.41, 5.74) is 0. The normalized spacial score (nSPS) is 9.81. The fourth-order valence-electron chi connectivity index (χ4n) is 0.584. The predicted octanol–water partition coefficient (Wildman–Crippen LogP) is -3.50. The van der Waals surface area contributed by atoms with E-state index in [1.807, 2.05) is 0 Å². The third-order valence-electron chi connectivity index (χ3n) is 1.09. The van der Waals surface area contributed by atoms with Gasteiger partial charge in [-0.25, -0.2) is 8.42 Å². The van der Waals surface area contributed by atoms with Crippen LogP contribution in [0.2, 0.25) is 0 Å². The molecule has 0 aromatic carbocycles. The van der Waals surface area contributed by atoms with Crippen LogP contribution in [0.5, 0.6) is 0 Å². The molecule has 0 unspecified atom stereocenters. The van der Waals surface area contributed by atoms with Gasteiger partial charge in [-0.05, 0) is 0 Å². The Kier molecular flexibility index (Phi) is 9.78. The first-order valence-electron chi connectivity index (χ1n) is 3.80. The molecular weight excluding hydrogens is 251 g/mol. The molecule has 0 aliphatic rings. The smallest absolute Gasteiger partial charge is 0.716 e. The molecule has 0 bridgehead atoms. The zero-order valence-corrected chi connectivity index (χ0v) is 11.5. The standard InChI is InChI=1S/C7H10O7S.Na/c1-2-5-13-6(8)3-4-7(9)14-15(10,11)12;/h2H,1,3-5H2,(H,10,11,12);/q;+1/p-1. The zero-order chi connectivity index (χ0) is 11.9. The molecule has 0 N–H and O–H groups in total. The van der Waals surface area contributed by atoms with E-state index in [1.165, 1.54) is 6.08 Å². The number of hydrogen-bond acceptors (Lipinski definition) is 7. The molecule has 0 amide bonds. The number of rotatable bonds is 6. The van der Waals surface area contributed by atoms with E-state index in [2.05, 4.69) is 15.5 Å². The number of carbonyl (C=O) groups is 2. The van der Waals surface area contributed by atoms with Crippen molar-refractivity contribution in [2.24, 2.45) is 0 Å². The topological polar surface area (TPSA) is 110 Å². The van der Waals surface area contributed by atoms with Crippen LogP contribution >= 0.6 is 0 Å². The minimum Gasteiger partial charge on any atom is -0.716 e. The Bertz CT molecular complexity index is 348. The predicted molar refractivity (Wildman–Crippen MR) is 46.2 cm³/mol. The summed E-state index contributed by atoms with van der Waals surface area (Å²) in [6.07, 6.45) is 0.442. The van der Waals surface area contributed by atoms with Crippen LogP contribution < -0.4 is 29.6 Å². The second kappa shape index (κ2) is 8.71. The maximum absolute atomic E-state index is 10.8. The van der Waals surface area contributed by atoms with E-state index >= 15 is 0 Å². The van der Waals surface area contributed by atoms with E-state index in [1.54, 1.807) is 0 Å². The van der Waals surface area contributed by atoms with E-state index in [0.29, 0.717) is 0 Å². The molecule has 0 radical (unpaired) electrons. The van der Waals surface area contributed by atoms with Crippen molar-refractivity contribution in [1.82, 2.24) is 0 Å². The maximum atomic E-state index is 10.8. The van der Waals surface area contributed by atoms with Gasteiger partial charge >= 0.3 is 41.5 Å². The first-order chi connectivity index (χ1) is 6.85. The Morgan fingerprint density at radius 3 is 2.19 bits per heavy atom. The van der Waals surface area contributed by atoms with E-state index < -0.39 is 28.8 Å². The van der Waals surface area contributed by atoms with Crippen molar-refractivity contribution in [1.29, 1.82) is 0 Å². The molecule has 0 spiro atoms. The van der Waals surface area contributed by atoms with Crippen LogP contribution in [-0.2, 0) is 28.9 Å². The zero-order valence-electron chi connectivity index (χ0n) is 8.67. The van der Waals surface area contributed by atoms with Gasteiger partial charge in [0.25, 0.3) is 10.4 Å². The van der Waals surface area contributed by atoms with Gasteiger partial charge in [-0.1, -0.05) is 12.7 Å². The van der Waals surface area contributed by atoms with Gasteiger partial charge < -0.3 is 13.5 Å². The average Bonchev–Trinajstić information content (AvgIpc) is 2.08. The Morgan fingerprint density at radius 1 is 1.25 bits per heavy atom. The van der Waals surface area contributed by atoms with Crippen molar-refractivity contribution < 1.29 is 61.0 Å². The molecule has 0 heterocycles. The molecule has 0 aromatic rings. The molecule has 7 nitrogen and oxygen atoms in total. The molecule has 9 heteroatoms. The summed E-state index contributed by atoms with van der Waals surface area (Å²) in [6.45, 7) is 3.28. The van der Waals surface area contributed by atoms with Gasteiger partial charge in [-0.2, -0.15) is 0 Å². The van der Waals surface area contributed by atoms with E-state index in [0.717, 1.165) is 0 Å².